The third-order valence-electron chi connectivity index (χ3n) is 7.02. The largest absolute Gasteiger partial charge is 0.356 e. The molecular weight excluding hydrogens is 481 g/mol. The standard InChI is InChI=1S/C21H33N5O2.HI/c1-3-25-9-4-5-14(13-25)12-24-21(22-2)23-8-10-26-19(27)17-15-6-7-16(11-15)18(17)20(26)28;/h6-7,14-18H,3-5,8-13H2,1-2H3,(H2,22,23,24);1H. The van der Waals surface area contributed by atoms with Crippen molar-refractivity contribution in [1.29, 1.82) is 0 Å². The fraction of sp³-hybridized carbons (Fsp3) is 0.762. The summed E-state index contributed by atoms with van der Waals surface area (Å²) in [4.78, 5) is 33.7. The molecular formula is C21H34IN5O2. The van der Waals surface area contributed by atoms with E-state index in [2.05, 4.69) is 39.6 Å². The predicted octanol–water partition coefficient (Wildman–Crippen LogP) is 1.31. The number of guanidine groups is 1. The molecule has 2 bridgehead atoms. The molecule has 0 aromatic heterocycles. The van der Waals surface area contributed by atoms with Gasteiger partial charge in [0.25, 0.3) is 0 Å². The third kappa shape index (κ3) is 4.47. The fourth-order valence-corrected chi connectivity index (χ4v) is 5.54. The normalized spacial score (nSPS) is 33.8. The van der Waals surface area contributed by atoms with Crippen LogP contribution in [0.5, 0.6) is 0 Å². The minimum atomic E-state index is -0.104. The zero-order valence-electron chi connectivity index (χ0n) is 17.5. The summed E-state index contributed by atoms with van der Waals surface area (Å²) in [6.07, 6.45) is 7.75. The number of hydrogen-bond donors (Lipinski definition) is 2. The van der Waals surface area contributed by atoms with Gasteiger partial charge in [-0.2, -0.15) is 0 Å². The Labute approximate surface area is 190 Å². The van der Waals surface area contributed by atoms with Gasteiger partial charge in [0.2, 0.25) is 11.8 Å². The molecule has 5 atom stereocenters. The van der Waals surface area contributed by atoms with Gasteiger partial charge in [-0.05, 0) is 50.1 Å². The van der Waals surface area contributed by atoms with E-state index in [1.807, 2.05) is 0 Å². The van der Waals surface area contributed by atoms with Gasteiger partial charge in [-0.25, -0.2) is 0 Å². The van der Waals surface area contributed by atoms with Gasteiger partial charge in [-0.1, -0.05) is 19.1 Å². The molecule has 2 aliphatic heterocycles. The highest BCUT2D eigenvalue weighted by Crippen LogP contribution is 2.52. The Kier molecular flexibility index (Phi) is 7.58. The molecule has 0 aromatic carbocycles. The van der Waals surface area contributed by atoms with Crippen molar-refractivity contribution >= 4 is 41.8 Å². The van der Waals surface area contributed by atoms with Crippen molar-refractivity contribution in [2.75, 3.05) is 46.3 Å². The molecule has 2 N–H and O–H groups in total. The lowest BCUT2D eigenvalue weighted by Crippen LogP contribution is -2.46. The van der Waals surface area contributed by atoms with Gasteiger partial charge < -0.3 is 15.5 Å². The van der Waals surface area contributed by atoms with Gasteiger partial charge in [0.05, 0.1) is 11.8 Å². The average molecular weight is 515 g/mol. The van der Waals surface area contributed by atoms with Crippen LogP contribution in [-0.2, 0) is 9.59 Å². The van der Waals surface area contributed by atoms with Crippen LogP contribution in [0.4, 0.5) is 0 Å². The first kappa shape index (κ1) is 22.5. The number of fused-ring (bicyclic) bond motifs is 5. The van der Waals surface area contributed by atoms with Crippen molar-refractivity contribution in [2.45, 2.75) is 26.2 Å². The first-order valence-electron chi connectivity index (χ1n) is 10.8. The third-order valence-corrected chi connectivity index (χ3v) is 7.02. The van der Waals surface area contributed by atoms with Crippen molar-refractivity contribution in [3.63, 3.8) is 0 Å². The van der Waals surface area contributed by atoms with Crippen molar-refractivity contribution in [1.82, 2.24) is 20.4 Å². The zero-order chi connectivity index (χ0) is 19.7. The number of aliphatic imine (C=N–C) groups is 1. The number of nitrogens with one attached hydrogen (secondary N) is 2. The topological polar surface area (TPSA) is 77.0 Å². The van der Waals surface area contributed by atoms with E-state index < -0.39 is 0 Å². The minimum Gasteiger partial charge on any atom is -0.356 e. The predicted molar refractivity (Wildman–Crippen MR) is 124 cm³/mol. The van der Waals surface area contributed by atoms with Crippen LogP contribution in [0, 0.1) is 29.6 Å². The van der Waals surface area contributed by atoms with Crippen LogP contribution >= 0.6 is 24.0 Å². The van der Waals surface area contributed by atoms with Gasteiger partial charge in [-0.15, -0.1) is 24.0 Å². The number of piperidine rings is 1. The second-order valence-electron chi connectivity index (χ2n) is 8.61. The number of carbonyl (C=O) groups is 2. The number of amides is 2. The Balaban J connectivity index is 0.00000240. The summed E-state index contributed by atoms with van der Waals surface area (Å²) in [5.41, 5.74) is 0. The zero-order valence-corrected chi connectivity index (χ0v) is 19.8. The Morgan fingerprint density at radius 3 is 2.48 bits per heavy atom. The smallest absolute Gasteiger partial charge is 0.233 e. The molecule has 4 rings (SSSR count). The van der Waals surface area contributed by atoms with E-state index in [1.54, 1.807) is 7.05 Å². The maximum atomic E-state index is 12.7. The quantitative estimate of drug-likeness (QED) is 0.184. The molecule has 2 heterocycles. The lowest BCUT2D eigenvalue weighted by Gasteiger charge is -2.32. The number of imide groups is 1. The van der Waals surface area contributed by atoms with E-state index in [1.165, 1.54) is 24.3 Å². The monoisotopic (exact) mass is 515 g/mol. The van der Waals surface area contributed by atoms with Gasteiger partial charge in [-0.3, -0.25) is 19.5 Å². The molecule has 3 fully saturated rings. The Bertz CT molecular complexity index is 652. The Hall–Kier alpha value is -1.16. The van der Waals surface area contributed by atoms with E-state index in [9.17, 15) is 9.59 Å². The van der Waals surface area contributed by atoms with E-state index in [4.69, 9.17) is 0 Å². The van der Waals surface area contributed by atoms with Crippen molar-refractivity contribution in [3.05, 3.63) is 12.2 Å². The van der Waals surface area contributed by atoms with Gasteiger partial charge in [0.15, 0.2) is 5.96 Å². The molecule has 2 aliphatic carbocycles. The molecule has 8 heteroatoms. The fourth-order valence-electron chi connectivity index (χ4n) is 5.54. The molecule has 29 heavy (non-hydrogen) atoms. The van der Waals surface area contributed by atoms with Gasteiger partial charge in [0, 0.05) is 33.2 Å². The number of likely N-dealkylation sites (tertiary alicyclic amines) is 2. The first-order valence-corrected chi connectivity index (χ1v) is 10.8. The molecule has 2 saturated heterocycles. The molecule has 0 aromatic rings. The Morgan fingerprint density at radius 2 is 1.86 bits per heavy atom. The van der Waals surface area contributed by atoms with E-state index in [0.717, 1.165) is 32.0 Å². The van der Waals surface area contributed by atoms with Crippen LogP contribution in [0.2, 0.25) is 0 Å². The number of hydrogen-bond acceptors (Lipinski definition) is 4. The summed E-state index contributed by atoms with van der Waals surface area (Å²) in [5.74, 6) is 1.78. The highest BCUT2D eigenvalue weighted by Gasteiger charge is 2.58. The molecule has 0 spiro atoms. The summed E-state index contributed by atoms with van der Waals surface area (Å²) < 4.78 is 0. The maximum Gasteiger partial charge on any atom is 0.233 e. The van der Waals surface area contributed by atoms with Gasteiger partial charge in [0.1, 0.15) is 0 Å². The number of nitrogens with zero attached hydrogens (tertiary/aromatic N) is 3. The van der Waals surface area contributed by atoms with Crippen LogP contribution < -0.4 is 10.6 Å². The lowest BCUT2D eigenvalue weighted by atomic mass is 9.85. The lowest BCUT2D eigenvalue weighted by molar-refractivity contribution is -0.140. The van der Waals surface area contributed by atoms with Gasteiger partial charge >= 0.3 is 0 Å². The summed E-state index contributed by atoms with van der Waals surface area (Å²) in [5, 5.41) is 6.68. The SMILES string of the molecule is CCN1CCCC(CNC(=NC)NCCN2C(=O)C3C4C=CC(C4)C3C2=O)C1.I. The van der Waals surface area contributed by atoms with Crippen LogP contribution in [0.25, 0.3) is 0 Å². The van der Waals surface area contributed by atoms with E-state index in [-0.39, 0.29) is 59.5 Å². The van der Waals surface area contributed by atoms with Crippen molar-refractivity contribution < 1.29 is 9.59 Å². The minimum absolute atomic E-state index is 0. The number of allylic oxidation sites excluding steroid dienone is 2. The molecule has 4 aliphatic rings. The summed E-state index contributed by atoms with van der Waals surface area (Å²) in [6.45, 7) is 7.51. The maximum absolute atomic E-state index is 12.7. The van der Waals surface area contributed by atoms with E-state index >= 15 is 0 Å². The van der Waals surface area contributed by atoms with Crippen LogP contribution in [0.3, 0.4) is 0 Å². The number of carbonyl (C=O) groups excluding carboxylic acids is 2. The summed E-state index contributed by atoms with van der Waals surface area (Å²) in [7, 11) is 1.76. The molecule has 2 amide bonds. The van der Waals surface area contributed by atoms with Crippen molar-refractivity contribution in [3.8, 4) is 0 Å². The van der Waals surface area contributed by atoms with Crippen LogP contribution in [-0.4, -0.2) is 73.9 Å². The number of rotatable bonds is 6. The molecule has 0 radical (unpaired) electrons. The van der Waals surface area contributed by atoms with E-state index in [0.29, 0.717) is 19.0 Å². The Morgan fingerprint density at radius 1 is 1.17 bits per heavy atom. The highest BCUT2D eigenvalue weighted by molar-refractivity contribution is 14.0. The van der Waals surface area contributed by atoms with Crippen LogP contribution in [0.1, 0.15) is 26.2 Å². The second-order valence-corrected chi connectivity index (χ2v) is 8.61. The summed E-state index contributed by atoms with van der Waals surface area (Å²) in [6, 6.07) is 0. The molecule has 1 saturated carbocycles. The van der Waals surface area contributed by atoms with Crippen LogP contribution in [0.15, 0.2) is 17.1 Å². The second kappa shape index (κ2) is 9.76. The first-order chi connectivity index (χ1) is 13.6. The van der Waals surface area contributed by atoms with Crippen molar-refractivity contribution in [2.24, 2.45) is 34.6 Å². The average Bonchev–Trinajstić information content (AvgIpc) is 3.40. The summed E-state index contributed by atoms with van der Waals surface area (Å²) >= 11 is 0. The molecule has 5 unspecified atom stereocenters. The highest BCUT2D eigenvalue weighted by atomic mass is 127. The number of halogens is 1. The molecule has 162 valence electrons. The molecule has 7 nitrogen and oxygen atoms in total.